The minimum absolute atomic E-state index is 0.0926. The third-order valence-electron chi connectivity index (χ3n) is 5.58. The molecule has 0 spiro atoms. The SMILES string of the molecule is O=C(Nc1cc(C(F)(F)F)ccc1-n1cccn1)c1nn(Cc2ccccc2)c(=O)c2ccccc12. The highest BCUT2D eigenvalue weighted by Crippen LogP contribution is 2.33. The van der Waals surface area contributed by atoms with Gasteiger partial charge in [0.05, 0.1) is 28.9 Å². The van der Waals surface area contributed by atoms with E-state index in [-0.39, 0.29) is 39.9 Å². The number of amides is 1. The van der Waals surface area contributed by atoms with Crippen LogP contribution in [-0.2, 0) is 12.7 Å². The number of nitrogens with one attached hydrogen (secondary N) is 1. The summed E-state index contributed by atoms with van der Waals surface area (Å²) in [6.45, 7) is 0.118. The summed E-state index contributed by atoms with van der Waals surface area (Å²) in [5, 5.41) is 11.5. The van der Waals surface area contributed by atoms with E-state index in [4.69, 9.17) is 0 Å². The number of fused-ring (bicyclic) bond motifs is 1. The van der Waals surface area contributed by atoms with Crippen LogP contribution in [0.1, 0.15) is 21.6 Å². The average molecular weight is 489 g/mol. The van der Waals surface area contributed by atoms with Crippen LogP contribution in [0.25, 0.3) is 16.5 Å². The Labute approximate surface area is 202 Å². The van der Waals surface area contributed by atoms with Gasteiger partial charge >= 0.3 is 6.18 Å². The number of hydrogen-bond donors (Lipinski definition) is 1. The van der Waals surface area contributed by atoms with Gasteiger partial charge in [0, 0.05) is 17.8 Å². The van der Waals surface area contributed by atoms with Crippen LogP contribution in [0.2, 0.25) is 0 Å². The van der Waals surface area contributed by atoms with Crippen molar-refractivity contribution in [2.24, 2.45) is 0 Å². The molecule has 2 heterocycles. The fourth-order valence-electron chi connectivity index (χ4n) is 3.87. The predicted octanol–water partition coefficient (Wildman–Crippen LogP) is 4.90. The lowest BCUT2D eigenvalue weighted by atomic mass is 10.1. The van der Waals surface area contributed by atoms with E-state index in [2.05, 4.69) is 15.5 Å². The molecule has 0 saturated heterocycles. The van der Waals surface area contributed by atoms with E-state index in [0.717, 1.165) is 17.7 Å². The van der Waals surface area contributed by atoms with E-state index in [1.54, 1.807) is 36.5 Å². The molecule has 0 bridgehead atoms. The quantitative estimate of drug-likeness (QED) is 0.381. The first-order valence-electron chi connectivity index (χ1n) is 10.9. The van der Waals surface area contributed by atoms with Crippen LogP contribution in [0.15, 0.2) is 96.1 Å². The van der Waals surface area contributed by atoms with Gasteiger partial charge in [-0.2, -0.15) is 23.4 Å². The molecule has 5 aromatic rings. The molecule has 5 rings (SSSR count). The van der Waals surface area contributed by atoms with Crippen molar-refractivity contribution < 1.29 is 18.0 Å². The summed E-state index contributed by atoms with van der Waals surface area (Å²) in [6.07, 6.45) is -1.60. The molecule has 0 fully saturated rings. The number of halogens is 3. The van der Waals surface area contributed by atoms with Crippen molar-refractivity contribution in [1.29, 1.82) is 0 Å². The summed E-state index contributed by atoms with van der Waals surface area (Å²) in [6, 6.07) is 20.2. The molecule has 0 aliphatic heterocycles. The number of alkyl halides is 3. The summed E-state index contributed by atoms with van der Waals surface area (Å²) < 4.78 is 42.8. The van der Waals surface area contributed by atoms with Gasteiger partial charge in [-0.25, -0.2) is 9.36 Å². The third-order valence-corrected chi connectivity index (χ3v) is 5.58. The van der Waals surface area contributed by atoms with Gasteiger partial charge in [0.1, 0.15) is 0 Å². The first-order valence-corrected chi connectivity index (χ1v) is 10.9. The van der Waals surface area contributed by atoms with Crippen LogP contribution in [-0.4, -0.2) is 25.5 Å². The van der Waals surface area contributed by atoms with Crippen molar-refractivity contribution in [2.45, 2.75) is 12.7 Å². The van der Waals surface area contributed by atoms with Gasteiger partial charge in [0.25, 0.3) is 11.5 Å². The van der Waals surface area contributed by atoms with Crippen LogP contribution in [0, 0.1) is 0 Å². The van der Waals surface area contributed by atoms with E-state index < -0.39 is 17.6 Å². The van der Waals surface area contributed by atoms with Gasteiger partial charge < -0.3 is 5.32 Å². The van der Waals surface area contributed by atoms with E-state index in [1.165, 1.54) is 21.6 Å². The topological polar surface area (TPSA) is 81.8 Å². The minimum atomic E-state index is -4.62. The molecule has 0 radical (unpaired) electrons. The number of benzene rings is 3. The van der Waals surface area contributed by atoms with E-state index in [0.29, 0.717) is 0 Å². The normalized spacial score (nSPS) is 11.5. The van der Waals surface area contributed by atoms with Crippen molar-refractivity contribution >= 4 is 22.4 Å². The number of carbonyl (C=O) groups excluding carboxylic acids is 1. The molecule has 1 N–H and O–H groups in total. The number of aromatic nitrogens is 4. The maximum atomic E-state index is 13.4. The van der Waals surface area contributed by atoms with Gasteiger partial charge in [-0.1, -0.05) is 48.5 Å². The van der Waals surface area contributed by atoms with E-state index in [1.807, 2.05) is 30.3 Å². The molecule has 0 aliphatic carbocycles. The van der Waals surface area contributed by atoms with Crippen LogP contribution < -0.4 is 10.9 Å². The molecule has 0 atom stereocenters. The Balaban J connectivity index is 1.61. The molecule has 2 aromatic heterocycles. The second-order valence-electron chi connectivity index (χ2n) is 7.98. The number of hydrogen-bond acceptors (Lipinski definition) is 4. The lowest BCUT2D eigenvalue weighted by Crippen LogP contribution is -2.28. The zero-order chi connectivity index (χ0) is 25.3. The maximum Gasteiger partial charge on any atom is 0.416 e. The Bertz CT molecular complexity index is 1610. The van der Waals surface area contributed by atoms with E-state index in [9.17, 15) is 22.8 Å². The molecule has 0 aliphatic rings. The summed E-state index contributed by atoms with van der Waals surface area (Å²) in [4.78, 5) is 26.5. The van der Waals surface area contributed by atoms with Crippen molar-refractivity contribution in [3.8, 4) is 5.69 Å². The first-order chi connectivity index (χ1) is 17.3. The molecule has 180 valence electrons. The highest BCUT2D eigenvalue weighted by Gasteiger charge is 2.31. The predicted molar refractivity (Wildman–Crippen MR) is 128 cm³/mol. The molecule has 0 saturated carbocycles. The molecule has 10 heteroatoms. The molecular formula is C26H18F3N5O2. The molecule has 0 unspecified atom stereocenters. The number of nitrogens with zero attached hydrogens (tertiary/aromatic N) is 4. The van der Waals surface area contributed by atoms with Crippen LogP contribution in [0.3, 0.4) is 0 Å². The fourth-order valence-corrected chi connectivity index (χ4v) is 3.87. The largest absolute Gasteiger partial charge is 0.416 e. The Hall–Kier alpha value is -4.73. The lowest BCUT2D eigenvalue weighted by Gasteiger charge is -2.16. The standard InChI is InChI=1S/C26H18F3N5O2/c27-26(28,29)18-11-12-22(33-14-6-13-30-33)21(15-18)31-24(35)23-19-9-4-5-10-20(19)25(36)34(32-23)16-17-7-2-1-3-8-17/h1-15H,16H2,(H,31,35). The van der Waals surface area contributed by atoms with Crippen molar-refractivity contribution in [2.75, 3.05) is 5.32 Å². The zero-order valence-electron chi connectivity index (χ0n) is 18.6. The fraction of sp³-hybridized carbons (Fsp3) is 0.0769. The Morgan fingerprint density at radius 2 is 1.64 bits per heavy atom. The van der Waals surface area contributed by atoms with Gasteiger partial charge in [-0.15, -0.1) is 0 Å². The van der Waals surface area contributed by atoms with Gasteiger partial charge in [0.2, 0.25) is 0 Å². The Kier molecular flexibility index (Phi) is 5.85. The maximum absolute atomic E-state index is 13.4. The van der Waals surface area contributed by atoms with Crippen molar-refractivity contribution in [3.63, 3.8) is 0 Å². The smallest absolute Gasteiger partial charge is 0.319 e. The summed E-state index contributed by atoms with van der Waals surface area (Å²) in [5.74, 6) is -0.763. The third kappa shape index (κ3) is 4.48. The van der Waals surface area contributed by atoms with Crippen molar-refractivity contribution in [3.05, 3.63) is 118 Å². The zero-order valence-corrected chi connectivity index (χ0v) is 18.6. The molecule has 7 nitrogen and oxygen atoms in total. The van der Waals surface area contributed by atoms with Gasteiger partial charge in [-0.3, -0.25) is 9.59 Å². The van der Waals surface area contributed by atoms with Gasteiger partial charge in [-0.05, 0) is 35.9 Å². The van der Waals surface area contributed by atoms with Crippen LogP contribution >= 0.6 is 0 Å². The Morgan fingerprint density at radius 3 is 2.33 bits per heavy atom. The molecular weight excluding hydrogens is 471 g/mol. The van der Waals surface area contributed by atoms with Crippen molar-refractivity contribution in [1.82, 2.24) is 19.6 Å². The van der Waals surface area contributed by atoms with Crippen LogP contribution in [0.4, 0.5) is 18.9 Å². The number of rotatable bonds is 5. The second kappa shape index (κ2) is 9.14. The molecule has 3 aromatic carbocycles. The first kappa shape index (κ1) is 23.0. The highest BCUT2D eigenvalue weighted by atomic mass is 19.4. The Morgan fingerprint density at radius 1 is 0.917 bits per heavy atom. The number of carbonyl (C=O) groups is 1. The van der Waals surface area contributed by atoms with Crippen LogP contribution in [0.5, 0.6) is 0 Å². The lowest BCUT2D eigenvalue weighted by molar-refractivity contribution is -0.137. The summed E-state index contributed by atoms with van der Waals surface area (Å²) in [7, 11) is 0. The summed E-state index contributed by atoms with van der Waals surface area (Å²) in [5.41, 5.74) is -0.478. The number of anilines is 1. The minimum Gasteiger partial charge on any atom is -0.319 e. The summed E-state index contributed by atoms with van der Waals surface area (Å²) >= 11 is 0. The monoisotopic (exact) mass is 489 g/mol. The average Bonchev–Trinajstić information content (AvgIpc) is 3.40. The van der Waals surface area contributed by atoms with E-state index >= 15 is 0 Å². The van der Waals surface area contributed by atoms with Gasteiger partial charge in [0.15, 0.2) is 5.69 Å². The molecule has 36 heavy (non-hydrogen) atoms. The molecule has 1 amide bonds. The second-order valence-corrected chi connectivity index (χ2v) is 7.98. The highest BCUT2D eigenvalue weighted by molar-refractivity contribution is 6.11.